The molecule has 0 spiro atoms. The third-order valence-corrected chi connectivity index (χ3v) is 4.13. The fraction of sp³-hybridized carbons (Fsp3) is 0.600. The van der Waals surface area contributed by atoms with Crippen LogP contribution in [-0.4, -0.2) is 24.2 Å². The number of nitrogens with zero attached hydrogens (tertiary/aromatic N) is 1. The number of hydrogen-bond acceptors (Lipinski definition) is 5. The lowest BCUT2D eigenvalue weighted by atomic mass is 10.1. The van der Waals surface area contributed by atoms with Crippen molar-refractivity contribution >= 4 is 33.2 Å². The van der Waals surface area contributed by atoms with Crippen molar-refractivity contribution in [2.45, 2.75) is 32.0 Å². The second-order valence-electron chi connectivity index (χ2n) is 3.68. The Bertz CT molecular complexity index is 407. The number of aromatic nitrogens is 1. The number of esters is 1. The van der Waals surface area contributed by atoms with Crippen LogP contribution in [-0.2, 0) is 9.47 Å². The zero-order valence-corrected chi connectivity index (χ0v) is 11.4. The van der Waals surface area contributed by atoms with Gasteiger partial charge in [-0.3, -0.25) is 0 Å². The summed E-state index contributed by atoms with van der Waals surface area (Å²) >= 11 is 4.72. The number of carbonyl (C=O) groups excluding carboxylic acids is 1. The van der Waals surface area contributed by atoms with E-state index < -0.39 is 5.97 Å². The van der Waals surface area contributed by atoms with Gasteiger partial charge >= 0.3 is 5.97 Å². The van der Waals surface area contributed by atoms with Crippen molar-refractivity contribution in [3.8, 4) is 0 Å². The summed E-state index contributed by atoms with van der Waals surface area (Å²) in [7, 11) is 1.36. The van der Waals surface area contributed by atoms with E-state index in [9.17, 15) is 4.79 Å². The minimum atomic E-state index is -0.403. The second-order valence-corrected chi connectivity index (χ2v) is 5.99. The summed E-state index contributed by atoms with van der Waals surface area (Å²) in [6.07, 6.45) is 2.17. The zero-order chi connectivity index (χ0) is 11.7. The molecule has 6 heteroatoms. The van der Waals surface area contributed by atoms with E-state index in [-0.39, 0.29) is 12.2 Å². The number of carbonyl (C=O) groups is 1. The van der Waals surface area contributed by atoms with Crippen molar-refractivity contribution < 1.29 is 14.3 Å². The van der Waals surface area contributed by atoms with Crippen LogP contribution in [0.15, 0.2) is 3.92 Å². The molecule has 1 aromatic rings. The fourth-order valence-electron chi connectivity index (χ4n) is 1.76. The maximum absolute atomic E-state index is 11.5. The lowest BCUT2D eigenvalue weighted by molar-refractivity contribution is 0.0509. The van der Waals surface area contributed by atoms with Gasteiger partial charge in [-0.25, -0.2) is 9.78 Å². The van der Waals surface area contributed by atoms with Crippen molar-refractivity contribution in [3.63, 3.8) is 0 Å². The predicted octanol–water partition coefficient (Wildman–Crippen LogP) is 2.93. The van der Waals surface area contributed by atoms with E-state index in [1.54, 1.807) is 0 Å². The van der Waals surface area contributed by atoms with Crippen molar-refractivity contribution in [3.05, 3.63) is 14.5 Å². The first-order valence-electron chi connectivity index (χ1n) is 5.01. The maximum atomic E-state index is 11.5. The molecule has 16 heavy (non-hydrogen) atoms. The minimum Gasteiger partial charge on any atom is -0.464 e. The fourth-order valence-corrected chi connectivity index (χ4v) is 3.31. The number of thiazole rings is 1. The molecule has 0 saturated carbocycles. The number of halogens is 1. The van der Waals surface area contributed by atoms with Crippen LogP contribution < -0.4 is 0 Å². The van der Waals surface area contributed by atoms with Gasteiger partial charge in [0.15, 0.2) is 9.61 Å². The summed E-state index contributed by atoms with van der Waals surface area (Å²) in [4.78, 5) is 16.5. The van der Waals surface area contributed by atoms with E-state index in [0.717, 1.165) is 17.7 Å². The number of methoxy groups -OCH3 is 1. The summed E-state index contributed by atoms with van der Waals surface area (Å²) in [5.74, 6) is -0.403. The van der Waals surface area contributed by atoms with Gasteiger partial charge in [0.25, 0.3) is 0 Å². The van der Waals surface area contributed by atoms with Gasteiger partial charge in [-0.2, -0.15) is 0 Å². The monoisotopic (exact) mass is 305 g/mol. The molecule has 88 valence electrons. The largest absolute Gasteiger partial charge is 0.464 e. The van der Waals surface area contributed by atoms with Crippen molar-refractivity contribution in [1.82, 2.24) is 4.98 Å². The molecule has 4 nitrogen and oxygen atoms in total. The number of hydrogen-bond donors (Lipinski definition) is 0. The molecule has 1 fully saturated rings. The van der Waals surface area contributed by atoms with Crippen LogP contribution in [0.25, 0.3) is 0 Å². The maximum Gasteiger partial charge on any atom is 0.357 e. The van der Waals surface area contributed by atoms with E-state index in [0.29, 0.717) is 9.61 Å². The van der Waals surface area contributed by atoms with Gasteiger partial charge in [-0.05, 0) is 35.7 Å². The van der Waals surface area contributed by atoms with E-state index in [2.05, 4.69) is 20.9 Å². The Morgan fingerprint density at radius 3 is 2.94 bits per heavy atom. The molecule has 0 N–H and O–H groups in total. The van der Waals surface area contributed by atoms with E-state index in [1.165, 1.54) is 18.4 Å². The molecule has 2 heterocycles. The molecule has 2 atom stereocenters. The molecule has 0 aliphatic carbocycles. The summed E-state index contributed by atoms with van der Waals surface area (Å²) in [6.45, 7) is 2.04. The molecule has 0 aromatic carbocycles. The van der Waals surface area contributed by atoms with Gasteiger partial charge in [0.05, 0.1) is 24.2 Å². The highest BCUT2D eigenvalue weighted by atomic mass is 79.9. The van der Waals surface area contributed by atoms with Crippen LogP contribution in [0.5, 0.6) is 0 Å². The Labute approximate surface area is 106 Å². The Kier molecular flexibility index (Phi) is 3.61. The average Bonchev–Trinajstić information content (AvgIpc) is 2.83. The highest BCUT2D eigenvalue weighted by Crippen LogP contribution is 2.38. The molecule has 1 aliphatic heterocycles. The van der Waals surface area contributed by atoms with Crippen LogP contribution in [0.3, 0.4) is 0 Å². The molecule has 2 unspecified atom stereocenters. The smallest absolute Gasteiger partial charge is 0.357 e. The van der Waals surface area contributed by atoms with Gasteiger partial charge in [-0.1, -0.05) is 0 Å². The minimum absolute atomic E-state index is 0.0205. The summed E-state index contributed by atoms with van der Waals surface area (Å²) in [6, 6.07) is 0. The third-order valence-electron chi connectivity index (χ3n) is 2.53. The normalized spacial score (nSPS) is 24.7. The lowest BCUT2D eigenvalue weighted by Gasteiger charge is -2.09. The van der Waals surface area contributed by atoms with Gasteiger partial charge in [0, 0.05) is 0 Å². The second kappa shape index (κ2) is 4.81. The third kappa shape index (κ3) is 2.28. The standard InChI is InChI=1S/C10H12BrNO3S/c1-5-3-4-6(15-5)8-7(9(13)14-2)12-10(11)16-8/h5-6H,3-4H2,1-2H3. The van der Waals surface area contributed by atoms with Gasteiger partial charge in [0.2, 0.25) is 0 Å². The van der Waals surface area contributed by atoms with Crippen LogP contribution in [0.2, 0.25) is 0 Å². The van der Waals surface area contributed by atoms with E-state index in [1.807, 2.05) is 6.92 Å². The lowest BCUT2D eigenvalue weighted by Crippen LogP contribution is -2.08. The molecule has 1 saturated heterocycles. The topological polar surface area (TPSA) is 48.4 Å². The van der Waals surface area contributed by atoms with Gasteiger partial charge in [0.1, 0.15) is 0 Å². The Hall–Kier alpha value is -0.460. The van der Waals surface area contributed by atoms with Gasteiger partial charge in [-0.15, -0.1) is 11.3 Å². The molecule has 0 amide bonds. The van der Waals surface area contributed by atoms with Crippen LogP contribution in [0.4, 0.5) is 0 Å². The van der Waals surface area contributed by atoms with Crippen LogP contribution in [0, 0.1) is 0 Å². The number of ether oxygens (including phenoxy) is 2. The molecule has 0 bridgehead atoms. The van der Waals surface area contributed by atoms with Crippen LogP contribution in [0.1, 0.15) is 41.2 Å². The van der Waals surface area contributed by atoms with Crippen molar-refractivity contribution in [1.29, 1.82) is 0 Å². The zero-order valence-electron chi connectivity index (χ0n) is 9.03. The predicted molar refractivity (Wildman–Crippen MR) is 63.7 cm³/mol. The Morgan fingerprint density at radius 1 is 1.62 bits per heavy atom. The van der Waals surface area contributed by atoms with Gasteiger partial charge < -0.3 is 9.47 Å². The highest BCUT2D eigenvalue weighted by Gasteiger charge is 2.30. The first-order chi connectivity index (χ1) is 7.61. The SMILES string of the molecule is COC(=O)c1nc(Br)sc1C1CCC(C)O1. The molecular weight excluding hydrogens is 294 g/mol. The Balaban J connectivity index is 2.29. The quantitative estimate of drug-likeness (QED) is 0.788. The van der Waals surface area contributed by atoms with E-state index in [4.69, 9.17) is 9.47 Å². The first-order valence-corrected chi connectivity index (χ1v) is 6.62. The first kappa shape index (κ1) is 12.0. The summed E-state index contributed by atoms with van der Waals surface area (Å²) in [5, 5.41) is 0. The molecule has 1 aliphatic rings. The Morgan fingerprint density at radius 2 is 2.38 bits per heavy atom. The molecule has 1 aromatic heterocycles. The molecular formula is C10H12BrNO3S. The summed E-state index contributed by atoms with van der Waals surface area (Å²) < 4.78 is 11.1. The molecule has 2 rings (SSSR count). The highest BCUT2D eigenvalue weighted by molar-refractivity contribution is 9.11. The molecule has 0 radical (unpaired) electrons. The van der Waals surface area contributed by atoms with E-state index >= 15 is 0 Å². The number of rotatable bonds is 2. The van der Waals surface area contributed by atoms with Crippen molar-refractivity contribution in [2.75, 3.05) is 7.11 Å². The average molecular weight is 306 g/mol. The van der Waals surface area contributed by atoms with Crippen LogP contribution >= 0.6 is 27.3 Å². The summed E-state index contributed by atoms with van der Waals surface area (Å²) in [5.41, 5.74) is 0.374. The van der Waals surface area contributed by atoms with Crippen molar-refractivity contribution in [2.24, 2.45) is 0 Å².